The van der Waals surface area contributed by atoms with Crippen LogP contribution in [-0.2, 0) is 6.54 Å². The third-order valence-corrected chi connectivity index (χ3v) is 1.82. The summed E-state index contributed by atoms with van der Waals surface area (Å²) >= 11 is 2.22. The Hall–Kier alpha value is -0.0600. The van der Waals surface area contributed by atoms with Gasteiger partial charge in [-0.15, -0.1) is 0 Å². The SMILES string of the molecule is CC(C)(C)Cn1ccc(I)n1. The molecule has 0 saturated heterocycles. The van der Waals surface area contributed by atoms with Gasteiger partial charge in [-0.3, -0.25) is 4.68 Å². The molecule has 1 aromatic heterocycles. The molecule has 0 aliphatic rings. The Morgan fingerprint density at radius 2 is 2.18 bits per heavy atom. The van der Waals surface area contributed by atoms with Crippen LogP contribution in [0.3, 0.4) is 0 Å². The predicted octanol–water partition coefficient (Wildman–Crippen LogP) is 2.53. The molecule has 0 aliphatic carbocycles. The lowest BCUT2D eigenvalue weighted by molar-refractivity contribution is 0.324. The predicted molar refractivity (Wildman–Crippen MR) is 54.4 cm³/mol. The van der Waals surface area contributed by atoms with Gasteiger partial charge >= 0.3 is 0 Å². The molecule has 0 N–H and O–H groups in total. The van der Waals surface area contributed by atoms with Gasteiger partial charge in [0.15, 0.2) is 0 Å². The van der Waals surface area contributed by atoms with Crippen LogP contribution in [0.25, 0.3) is 0 Å². The van der Waals surface area contributed by atoms with E-state index in [9.17, 15) is 0 Å². The summed E-state index contributed by atoms with van der Waals surface area (Å²) in [7, 11) is 0. The lowest BCUT2D eigenvalue weighted by Gasteiger charge is -2.17. The lowest BCUT2D eigenvalue weighted by Crippen LogP contribution is -2.15. The van der Waals surface area contributed by atoms with Crippen LogP contribution in [0, 0.1) is 9.12 Å². The zero-order chi connectivity index (χ0) is 8.48. The van der Waals surface area contributed by atoms with E-state index < -0.39 is 0 Å². The van der Waals surface area contributed by atoms with Gasteiger partial charge in [-0.2, -0.15) is 5.10 Å². The monoisotopic (exact) mass is 264 g/mol. The fraction of sp³-hybridized carbons (Fsp3) is 0.625. The maximum absolute atomic E-state index is 4.30. The topological polar surface area (TPSA) is 17.8 Å². The Morgan fingerprint density at radius 1 is 1.55 bits per heavy atom. The van der Waals surface area contributed by atoms with E-state index in [0.29, 0.717) is 5.41 Å². The quantitative estimate of drug-likeness (QED) is 0.713. The van der Waals surface area contributed by atoms with Crippen LogP contribution in [-0.4, -0.2) is 9.78 Å². The molecule has 0 aromatic carbocycles. The standard InChI is InChI=1S/C8H13IN2/c1-8(2,3)6-11-5-4-7(9)10-11/h4-5H,6H2,1-3H3. The summed E-state index contributed by atoms with van der Waals surface area (Å²) in [6.45, 7) is 7.61. The highest BCUT2D eigenvalue weighted by Crippen LogP contribution is 2.15. The van der Waals surface area contributed by atoms with Crippen LogP contribution in [0.2, 0.25) is 0 Å². The number of aromatic nitrogens is 2. The molecule has 62 valence electrons. The summed E-state index contributed by atoms with van der Waals surface area (Å²) in [5.74, 6) is 0. The number of rotatable bonds is 1. The van der Waals surface area contributed by atoms with Crippen molar-refractivity contribution in [2.45, 2.75) is 27.3 Å². The third kappa shape index (κ3) is 3.22. The molecule has 0 bridgehead atoms. The average molecular weight is 264 g/mol. The molecule has 0 atom stereocenters. The highest BCUT2D eigenvalue weighted by molar-refractivity contribution is 14.1. The minimum atomic E-state index is 0.315. The summed E-state index contributed by atoms with van der Waals surface area (Å²) in [6.07, 6.45) is 2.02. The van der Waals surface area contributed by atoms with Crippen molar-refractivity contribution in [1.29, 1.82) is 0 Å². The Kier molecular flexibility index (Phi) is 2.57. The lowest BCUT2D eigenvalue weighted by atomic mass is 9.97. The summed E-state index contributed by atoms with van der Waals surface area (Å²) in [4.78, 5) is 0. The van der Waals surface area contributed by atoms with Crippen molar-refractivity contribution in [2.75, 3.05) is 0 Å². The molecule has 3 heteroatoms. The third-order valence-electron chi connectivity index (χ3n) is 1.24. The highest BCUT2D eigenvalue weighted by atomic mass is 127. The minimum absolute atomic E-state index is 0.315. The van der Waals surface area contributed by atoms with Crippen molar-refractivity contribution in [2.24, 2.45) is 5.41 Å². The van der Waals surface area contributed by atoms with Gasteiger partial charge in [0.2, 0.25) is 0 Å². The summed E-state index contributed by atoms with van der Waals surface area (Å²) < 4.78 is 3.05. The number of nitrogens with zero attached hydrogens (tertiary/aromatic N) is 2. The summed E-state index contributed by atoms with van der Waals surface area (Å²) in [5, 5.41) is 4.30. The smallest absolute Gasteiger partial charge is 0.123 e. The zero-order valence-corrected chi connectivity index (χ0v) is 9.29. The van der Waals surface area contributed by atoms with E-state index in [1.807, 2.05) is 16.9 Å². The molecule has 0 aliphatic heterocycles. The van der Waals surface area contributed by atoms with Gasteiger partial charge in [-0.25, -0.2) is 0 Å². The molecule has 1 aromatic rings. The van der Waals surface area contributed by atoms with Gasteiger partial charge in [0.25, 0.3) is 0 Å². The van der Waals surface area contributed by atoms with Crippen molar-refractivity contribution in [3.05, 3.63) is 16.0 Å². The Bertz CT molecular complexity index is 234. The van der Waals surface area contributed by atoms with Gasteiger partial charge in [0, 0.05) is 12.7 Å². The maximum atomic E-state index is 4.30. The van der Waals surface area contributed by atoms with E-state index in [4.69, 9.17) is 0 Å². The van der Waals surface area contributed by atoms with Crippen LogP contribution in [0.4, 0.5) is 0 Å². The second kappa shape index (κ2) is 3.13. The van der Waals surface area contributed by atoms with Crippen molar-refractivity contribution in [3.63, 3.8) is 0 Å². The van der Waals surface area contributed by atoms with Gasteiger partial charge in [-0.1, -0.05) is 20.8 Å². The second-order valence-corrected chi connectivity index (χ2v) is 5.00. The van der Waals surface area contributed by atoms with E-state index in [0.717, 1.165) is 10.2 Å². The molecule has 1 heterocycles. The fourth-order valence-electron chi connectivity index (χ4n) is 0.911. The van der Waals surface area contributed by atoms with E-state index in [1.165, 1.54) is 0 Å². The molecule has 0 radical (unpaired) electrons. The first-order chi connectivity index (χ1) is 4.97. The van der Waals surface area contributed by atoms with Crippen molar-refractivity contribution >= 4 is 22.6 Å². The van der Waals surface area contributed by atoms with Crippen LogP contribution >= 0.6 is 22.6 Å². The number of hydrogen-bond acceptors (Lipinski definition) is 1. The average Bonchev–Trinajstić information content (AvgIpc) is 2.10. The highest BCUT2D eigenvalue weighted by Gasteiger charge is 2.11. The first kappa shape index (κ1) is 9.03. The van der Waals surface area contributed by atoms with Crippen LogP contribution < -0.4 is 0 Å². The van der Waals surface area contributed by atoms with Gasteiger partial charge in [0.1, 0.15) is 3.70 Å². The van der Waals surface area contributed by atoms with Gasteiger partial charge in [0.05, 0.1) is 0 Å². The number of halogens is 1. The summed E-state index contributed by atoms with van der Waals surface area (Å²) in [6, 6.07) is 2.02. The molecule has 0 saturated carbocycles. The zero-order valence-electron chi connectivity index (χ0n) is 7.13. The fourth-order valence-corrected chi connectivity index (χ4v) is 1.35. The first-order valence-corrected chi connectivity index (χ1v) is 4.74. The first-order valence-electron chi connectivity index (χ1n) is 3.66. The Labute approximate surface area is 81.1 Å². The molecule has 1 rings (SSSR count). The minimum Gasteiger partial charge on any atom is -0.271 e. The molecular weight excluding hydrogens is 251 g/mol. The molecular formula is C8H13IN2. The van der Waals surface area contributed by atoms with Crippen LogP contribution in [0.1, 0.15) is 20.8 Å². The molecule has 11 heavy (non-hydrogen) atoms. The Morgan fingerprint density at radius 3 is 2.55 bits per heavy atom. The number of hydrogen-bond donors (Lipinski definition) is 0. The summed E-state index contributed by atoms with van der Waals surface area (Å²) in [5.41, 5.74) is 0.315. The van der Waals surface area contributed by atoms with E-state index in [1.54, 1.807) is 0 Å². The van der Waals surface area contributed by atoms with E-state index in [2.05, 4.69) is 48.5 Å². The van der Waals surface area contributed by atoms with Crippen molar-refractivity contribution < 1.29 is 0 Å². The molecule has 0 unspecified atom stereocenters. The van der Waals surface area contributed by atoms with E-state index >= 15 is 0 Å². The van der Waals surface area contributed by atoms with Crippen molar-refractivity contribution in [3.8, 4) is 0 Å². The van der Waals surface area contributed by atoms with Crippen molar-refractivity contribution in [1.82, 2.24) is 9.78 Å². The largest absolute Gasteiger partial charge is 0.271 e. The molecule has 0 amide bonds. The van der Waals surface area contributed by atoms with E-state index in [-0.39, 0.29) is 0 Å². The molecule has 0 fully saturated rings. The van der Waals surface area contributed by atoms with Crippen LogP contribution in [0.5, 0.6) is 0 Å². The normalized spacial score (nSPS) is 12.0. The molecule has 2 nitrogen and oxygen atoms in total. The van der Waals surface area contributed by atoms with Gasteiger partial charge in [-0.05, 0) is 34.1 Å². The second-order valence-electron chi connectivity index (χ2n) is 3.90. The van der Waals surface area contributed by atoms with Gasteiger partial charge < -0.3 is 0 Å². The van der Waals surface area contributed by atoms with Crippen LogP contribution in [0.15, 0.2) is 12.3 Å². The Balaban J connectivity index is 2.65. The molecule has 0 spiro atoms. The maximum Gasteiger partial charge on any atom is 0.123 e.